The van der Waals surface area contributed by atoms with Crippen LogP contribution < -0.4 is 0 Å². The lowest BCUT2D eigenvalue weighted by atomic mass is 9.93. The second-order valence-electron chi connectivity index (χ2n) is 3.88. The van der Waals surface area contributed by atoms with Crippen molar-refractivity contribution in [2.24, 2.45) is 5.92 Å². The SMILES string of the molecule is CCC1C(=O)c2ccccc2C1=C(C#N)C#N. The molecule has 0 saturated heterocycles. The Balaban J connectivity index is 2.77. The first kappa shape index (κ1) is 11.1. The van der Waals surface area contributed by atoms with Gasteiger partial charge in [0.2, 0.25) is 0 Å². The van der Waals surface area contributed by atoms with E-state index >= 15 is 0 Å². The Hall–Kier alpha value is -2.39. The van der Waals surface area contributed by atoms with Crippen LogP contribution in [0.5, 0.6) is 0 Å². The molecule has 0 aliphatic heterocycles. The molecule has 0 heterocycles. The molecule has 0 bridgehead atoms. The molecule has 0 aromatic heterocycles. The van der Waals surface area contributed by atoms with Crippen LogP contribution in [0.25, 0.3) is 5.57 Å². The Kier molecular flexibility index (Phi) is 2.77. The normalized spacial score (nSPS) is 17.2. The van der Waals surface area contributed by atoms with E-state index in [1.807, 2.05) is 25.1 Å². The second kappa shape index (κ2) is 4.23. The van der Waals surface area contributed by atoms with Crippen molar-refractivity contribution in [1.82, 2.24) is 0 Å². The van der Waals surface area contributed by atoms with E-state index in [-0.39, 0.29) is 17.3 Å². The molecule has 0 saturated carbocycles. The van der Waals surface area contributed by atoms with Gasteiger partial charge in [0.15, 0.2) is 5.78 Å². The first-order valence-electron chi connectivity index (χ1n) is 5.42. The van der Waals surface area contributed by atoms with E-state index in [1.165, 1.54) is 0 Å². The molecule has 82 valence electrons. The molecule has 1 atom stereocenters. The molecule has 1 aromatic carbocycles. The quantitative estimate of drug-likeness (QED) is 0.686. The van der Waals surface area contributed by atoms with Crippen molar-refractivity contribution in [2.75, 3.05) is 0 Å². The van der Waals surface area contributed by atoms with Crippen LogP contribution in [0.15, 0.2) is 29.8 Å². The van der Waals surface area contributed by atoms with Crippen LogP contribution >= 0.6 is 0 Å². The Bertz CT molecular complexity index is 583. The zero-order valence-corrected chi connectivity index (χ0v) is 9.40. The molecule has 3 heteroatoms. The number of ketones is 1. The molecule has 3 nitrogen and oxygen atoms in total. The van der Waals surface area contributed by atoms with Gasteiger partial charge in [-0.3, -0.25) is 4.79 Å². The van der Waals surface area contributed by atoms with Crippen molar-refractivity contribution in [3.8, 4) is 12.1 Å². The Labute approximate surface area is 99.6 Å². The molecular weight excluding hydrogens is 212 g/mol. The fourth-order valence-electron chi connectivity index (χ4n) is 2.28. The summed E-state index contributed by atoms with van der Waals surface area (Å²) in [6.45, 7) is 1.89. The first-order valence-corrected chi connectivity index (χ1v) is 5.42. The van der Waals surface area contributed by atoms with Crippen LogP contribution in [0, 0.1) is 28.6 Å². The number of benzene rings is 1. The number of hydrogen-bond donors (Lipinski definition) is 0. The van der Waals surface area contributed by atoms with Gasteiger partial charge in [-0.05, 0) is 17.6 Å². The lowest BCUT2D eigenvalue weighted by molar-refractivity contribution is 0.0956. The second-order valence-corrected chi connectivity index (χ2v) is 3.88. The summed E-state index contributed by atoms with van der Waals surface area (Å²) in [6.07, 6.45) is 0.607. The number of allylic oxidation sites excluding steroid dienone is 2. The molecule has 0 N–H and O–H groups in total. The fourth-order valence-corrected chi connectivity index (χ4v) is 2.28. The van der Waals surface area contributed by atoms with E-state index < -0.39 is 0 Å². The van der Waals surface area contributed by atoms with Gasteiger partial charge < -0.3 is 0 Å². The summed E-state index contributed by atoms with van der Waals surface area (Å²) in [7, 11) is 0. The Morgan fingerprint density at radius 2 is 1.82 bits per heavy atom. The molecule has 1 unspecified atom stereocenters. The zero-order valence-electron chi connectivity index (χ0n) is 9.40. The highest BCUT2D eigenvalue weighted by atomic mass is 16.1. The highest BCUT2D eigenvalue weighted by Crippen LogP contribution is 2.40. The van der Waals surface area contributed by atoms with Crippen LogP contribution in [0.2, 0.25) is 0 Å². The van der Waals surface area contributed by atoms with Gasteiger partial charge in [0.1, 0.15) is 17.7 Å². The van der Waals surface area contributed by atoms with Crippen LogP contribution in [0.1, 0.15) is 29.3 Å². The largest absolute Gasteiger partial charge is 0.293 e. The summed E-state index contributed by atoms with van der Waals surface area (Å²) >= 11 is 0. The maximum Gasteiger partial charge on any atom is 0.171 e. The topological polar surface area (TPSA) is 64.7 Å². The van der Waals surface area contributed by atoms with Crippen molar-refractivity contribution in [2.45, 2.75) is 13.3 Å². The van der Waals surface area contributed by atoms with E-state index in [0.29, 0.717) is 17.6 Å². The number of rotatable bonds is 1. The molecule has 2 rings (SSSR count). The smallest absolute Gasteiger partial charge is 0.171 e. The van der Waals surface area contributed by atoms with Gasteiger partial charge in [-0.25, -0.2) is 0 Å². The number of carbonyl (C=O) groups is 1. The summed E-state index contributed by atoms with van der Waals surface area (Å²) in [4.78, 5) is 12.1. The van der Waals surface area contributed by atoms with Crippen LogP contribution in [0.4, 0.5) is 0 Å². The lowest BCUT2D eigenvalue weighted by Gasteiger charge is -2.07. The van der Waals surface area contributed by atoms with Gasteiger partial charge in [0.25, 0.3) is 0 Å². The van der Waals surface area contributed by atoms with Crippen LogP contribution in [-0.4, -0.2) is 5.78 Å². The third kappa shape index (κ3) is 1.53. The maximum absolute atomic E-state index is 12.1. The van der Waals surface area contributed by atoms with Crippen molar-refractivity contribution in [3.05, 3.63) is 41.0 Å². The van der Waals surface area contributed by atoms with E-state index in [2.05, 4.69) is 0 Å². The maximum atomic E-state index is 12.1. The third-order valence-electron chi connectivity index (χ3n) is 3.05. The van der Waals surface area contributed by atoms with Crippen LogP contribution in [0.3, 0.4) is 0 Å². The highest BCUT2D eigenvalue weighted by Gasteiger charge is 2.35. The Morgan fingerprint density at radius 3 is 2.35 bits per heavy atom. The predicted octanol–water partition coefficient (Wildman–Crippen LogP) is 2.71. The van der Waals surface area contributed by atoms with E-state index in [4.69, 9.17) is 10.5 Å². The van der Waals surface area contributed by atoms with Gasteiger partial charge in [0.05, 0.1) is 0 Å². The van der Waals surface area contributed by atoms with E-state index in [1.54, 1.807) is 18.2 Å². The van der Waals surface area contributed by atoms with Crippen molar-refractivity contribution in [3.63, 3.8) is 0 Å². The fraction of sp³-hybridized carbons (Fsp3) is 0.214. The summed E-state index contributed by atoms with van der Waals surface area (Å²) in [5.74, 6) is -0.331. The number of Topliss-reactive ketones (excluding diaryl/α,β-unsaturated/α-hetero) is 1. The summed E-state index contributed by atoms with van der Waals surface area (Å²) in [5.41, 5.74) is 2.01. The molecule has 1 aliphatic carbocycles. The van der Waals surface area contributed by atoms with Crippen molar-refractivity contribution < 1.29 is 4.79 Å². The number of hydrogen-bond acceptors (Lipinski definition) is 3. The minimum absolute atomic E-state index is 0.0149. The monoisotopic (exact) mass is 222 g/mol. The minimum Gasteiger partial charge on any atom is -0.293 e. The van der Waals surface area contributed by atoms with Gasteiger partial charge in [0, 0.05) is 11.5 Å². The van der Waals surface area contributed by atoms with E-state index in [9.17, 15) is 4.79 Å². The first-order chi connectivity index (χ1) is 8.24. The molecule has 1 aliphatic rings. The minimum atomic E-state index is -0.346. The van der Waals surface area contributed by atoms with Crippen molar-refractivity contribution >= 4 is 11.4 Å². The molecule has 1 aromatic rings. The van der Waals surface area contributed by atoms with Crippen molar-refractivity contribution in [1.29, 1.82) is 10.5 Å². The van der Waals surface area contributed by atoms with Crippen LogP contribution in [-0.2, 0) is 0 Å². The lowest BCUT2D eigenvalue weighted by Crippen LogP contribution is -2.07. The average Bonchev–Trinajstić information content (AvgIpc) is 2.65. The number of carbonyl (C=O) groups excluding carboxylic acids is 1. The highest BCUT2D eigenvalue weighted by molar-refractivity contribution is 6.15. The average molecular weight is 222 g/mol. The number of nitrogens with zero attached hydrogens (tertiary/aromatic N) is 2. The van der Waals surface area contributed by atoms with Gasteiger partial charge >= 0.3 is 0 Å². The summed E-state index contributed by atoms with van der Waals surface area (Å²) in [5, 5.41) is 17.9. The summed E-state index contributed by atoms with van der Waals surface area (Å²) < 4.78 is 0. The third-order valence-corrected chi connectivity index (χ3v) is 3.05. The molecule has 0 spiro atoms. The molecule has 0 amide bonds. The molecule has 17 heavy (non-hydrogen) atoms. The standard InChI is InChI=1S/C14H10N2O/c1-2-10-13(9(7-15)8-16)11-5-3-4-6-12(11)14(10)17/h3-6,10H,2H2,1H3. The Morgan fingerprint density at radius 1 is 1.24 bits per heavy atom. The van der Waals surface area contributed by atoms with Gasteiger partial charge in [-0.1, -0.05) is 31.2 Å². The molecule has 0 fully saturated rings. The number of fused-ring (bicyclic) bond motifs is 1. The van der Waals surface area contributed by atoms with Gasteiger partial charge in [-0.15, -0.1) is 0 Å². The van der Waals surface area contributed by atoms with E-state index in [0.717, 1.165) is 5.56 Å². The number of nitriles is 2. The molecule has 0 radical (unpaired) electrons. The predicted molar refractivity (Wildman–Crippen MR) is 62.7 cm³/mol. The van der Waals surface area contributed by atoms with Gasteiger partial charge in [-0.2, -0.15) is 10.5 Å². The summed E-state index contributed by atoms with van der Waals surface area (Å²) in [6, 6.07) is 10.9. The zero-order chi connectivity index (χ0) is 12.4. The molecular formula is C14H10N2O.